The van der Waals surface area contributed by atoms with E-state index in [1.807, 2.05) is 42.5 Å². The fraction of sp³-hybridized carbons (Fsp3) is 0.182. The molecule has 0 atom stereocenters. The van der Waals surface area contributed by atoms with Crippen LogP contribution in [0.2, 0.25) is 0 Å². The van der Waals surface area contributed by atoms with E-state index in [0.29, 0.717) is 16.9 Å². The van der Waals surface area contributed by atoms with Crippen molar-refractivity contribution in [2.45, 2.75) is 18.7 Å². The van der Waals surface area contributed by atoms with Crippen LogP contribution in [0.1, 0.15) is 16.7 Å². The number of hydrogen-bond acceptors (Lipinski definition) is 6. The maximum absolute atomic E-state index is 12.1. The summed E-state index contributed by atoms with van der Waals surface area (Å²) in [6, 6.07) is 16.4. The summed E-state index contributed by atoms with van der Waals surface area (Å²) in [5.74, 6) is 0.411. The van der Waals surface area contributed by atoms with Crippen molar-refractivity contribution in [2.24, 2.45) is 0 Å². The van der Waals surface area contributed by atoms with E-state index in [4.69, 9.17) is 5.11 Å². The van der Waals surface area contributed by atoms with E-state index in [9.17, 15) is 13.7 Å². The number of hydrogen-bond donors (Lipinski definition) is 2. The summed E-state index contributed by atoms with van der Waals surface area (Å²) in [6.45, 7) is 3.43. The van der Waals surface area contributed by atoms with Crippen LogP contribution in [-0.2, 0) is 9.84 Å². The zero-order valence-electron chi connectivity index (χ0n) is 16.5. The molecule has 0 aliphatic carbocycles. The van der Waals surface area contributed by atoms with Gasteiger partial charge in [0.25, 0.3) is 0 Å². The highest BCUT2D eigenvalue weighted by molar-refractivity contribution is 7.91. The Hall–Kier alpha value is -3.41. The molecule has 7 nitrogen and oxygen atoms in total. The second-order valence-electron chi connectivity index (χ2n) is 7.15. The molecule has 2 aromatic carbocycles. The molecule has 2 heterocycles. The van der Waals surface area contributed by atoms with Gasteiger partial charge in [-0.05, 0) is 67.4 Å². The van der Waals surface area contributed by atoms with Crippen molar-refractivity contribution in [1.82, 2.24) is 9.38 Å². The number of fused-ring (bicyclic) bond motifs is 3. The van der Waals surface area contributed by atoms with Gasteiger partial charge < -0.3 is 10.4 Å². The standard InChI is InChI=1S/C22H20N4O3S/c1-14-3-8-20-19(11-14)25-22-18(13-23)15(2)12-21(26(20)22)24-16-4-6-17(7-5-16)30(28,29)10-9-27/h3-8,11-12,24,27H,9-10H2,1-2H3. The summed E-state index contributed by atoms with van der Waals surface area (Å²) in [5, 5.41) is 21.9. The number of nitriles is 1. The van der Waals surface area contributed by atoms with Crippen LogP contribution in [0.15, 0.2) is 53.4 Å². The van der Waals surface area contributed by atoms with Gasteiger partial charge in [0.05, 0.1) is 33.9 Å². The van der Waals surface area contributed by atoms with Gasteiger partial charge in [-0.15, -0.1) is 0 Å². The molecular formula is C22H20N4O3S. The molecule has 0 saturated heterocycles. The van der Waals surface area contributed by atoms with Crippen molar-refractivity contribution in [3.8, 4) is 6.07 Å². The van der Waals surface area contributed by atoms with E-state index in [0.717, 1.165) is 28.0 Å². The van der Waals surface area contributed by atoms with Crippen molar-refractivity contribution < 1.29 is 13.5 Å². The molecule has 0 aliphatic heterocycles. The Morgan fingerprint density at radius 2 is 1.87 bits per heavy atom. The first kappa shape index (κ1) is 19.9. The topological polar surface area (TPSA) is 107 Å². The van der Waals surface area contributed by atoms with Gasteiger partial charge in [0.2, 0.25) is 0 Å². The molecule has 0 amide bonds. The van der Waals surface area contributed by atoms with Gasteiger partial charge in [0, 0.05) is 5.69 Å². The number of aryl methyl sites for hydroxylation is 2. The Kier molecular flexibility index (Phi) is 4.94. The van der Waals surface area contributed by atoms with E-state index in [-0.39, 0.29) is 10.6 Å². The highest BCUT2D eigenvalue weighted by Gasteiger charge is 2.16. The number of aliphatic hydroxyl groups excluding tert-OH is 1. The highest BCUT2D eigenvalue weighted by Crippen LogP contribution is 2.29. The largest absolute Gasteiger partial charge is 0.395 e. The van der Waals surface area contributed by atoms with Crippen LogP contribution >= 0.6 is 0 Å². The fourth-order valence-corrected chi connectivity index (χ4v) is 4.51. The summed E-state index contributed by atoms with van der Waals surface area (Å²) in [4.78, 5) is 4.83. The van der Waals surface area contributed by atoms with Crippen molar-refractivity contribution in [3.63, 3.8) is 0 Å². The highest BCUT2D eigenvalue weighted by atomic mass is 32.2. The SMILES string of the molecule is Cc1ccc2c(c1)nc1c(C#N)c(C)cc(Nc3ccc(S(=O)(=O)CCO)cc3)n12. The first-order valence-electron chi connectivity index (χ1n) is 9.37. The third kappa shape index (κ3) is 3.38. The molecule has 0 fully saturated rings. The fourth-order valence-electron chi connectivity index (χ4n) is 3.48. The monoisotopic (exact) mass is 420 g/mol. The number of imidazole rings is 1. The van der Waals surface area contributed by atoms with Crippen molar-refractivity contribution in [2.75, 3.05) is 17.7 Å². The van der Waals surface area contributed by atoms with Gasteiger partial charge in [-0.1, -0.05) is 6.07 Å². The molecule has 2 N–H and O–H groups in total. The Bertz CT molecular complexity index is 1420. The lowest BCUT2D eigenvalue weighted by Crippen LogP contribution is -2.10. The second kappa shape index (κ2) is 7.44. The minimum Gasteiger partial charge on any atom is -0.395 e. The van der Waals surface area contributed by atoms with Crippen LogP contribution < -0.4 is 5.32 Å². The number of anilines is 2. The minimum atomic E-state index is -3.50. The normalized spacial score (nSPS) is 11.7. The van der Waals surface area contributed by atoms with Crippen LogP contribution in [0.4, 0.5) is 11.5 Å². The average Bonchev–Trinajstić information content (AvgIpc) is 3.07. The zero-order valence-corrected chi connectivity index (χ0v) is 17.4. The van der Waals surface area contributed by atoms with Gasteiger partial charge in [-0.2, -0.15) is 5.26 Å². The molecule has 30 heavy (non-hydrogen) atoms. The molecule has 2 aromatic heterocycles. The summed E-state index contributed by atoms with van der Waals surface area (Å²) in [7, 11) is -3.50. The predicted octanol–water partition coefficient (Wildman–Crippen LogP) is 3.49. The number of nitrogens with one attached hydrogen (secondary N) is 1. The van der Waals surface area contributed by atoms with Crippen LogP contribution in [0, 0.1) is 25.2 Å². The van der Waals surface area contributed by atoms with Gasteiger partial charge in [0.15, 0.2) is 15.5 Å². The van der Waals surface area contributed by atoms with Crippen molar-refractivity contribution >= 4 is 38.0 Å². The Labute approximate surface area is 174 Å². The third-order valence-corrected chi connectivity index (χ3v) is 6.69. The Morgan fingerprint density at radius 3 is 2.53 bits per heavy atom. The molecule has 152 valence electrons. The van der Waals surface area contributed by atoms with Crippen LogP contribution in [0.5, 0.6) is 0 Å². The summed E-state index contributed by atoms with van der Waals surface area (Å²) in [6.07, 6.45) is 0. The second-order valence-corrected chi connectivity index (χ2v) is 9.26. The van der Waals surface area contributed by atoms with E-state index in [2.05, 4.69) is 16.4 Å². The lowest BCUT2D eigenvalue weighted by molar-refractivity contribution is 0.319. The molecule has 0 radical (unpaired) electrons. The van der Waals surface area contributed by atoms with Crippen LogP contribution in [-0.4, -0.2) is 35.3 Å². The average molecular weight is 420 g/mol. The lowest BCUT2D eigenvalue weighted by Gasteiger charge is -2.13. The lowest BCUT2D eigenvalue weighted by atomic mass is 10.1. The first-order valence-corrected chi connectivity index (χ1v) is 11.0. The molecule has 0 bridgehead atoms. The smallest absolute Gasteiger partial charge is 0.180 e. The number of nitrogens with zero attached hydrogens (tertiary/aromatic N) is 3. The molecule has 8 heteroatoms. The Morgan fingerprint density at radius 1 is 1.13 bits per heavy atom. The van der Waals surface area contributed by atoms with Gasteiger partial charge in [-0.3, -0.25) is 4.40 Å². The van der Waals surface area contributed by atoms with E-state index >= 15 is 0 Å². The number of sulfone groups is 1. The summed E-state index contributed by atoms with van der Waals surface area (Å²) < 4.78 is 26.1. The van der Waals surface area contributed by atoms with E-state index in [1.54, 1.807) is 12.1 Å². The number of rotatable bonds is 5. The summed E-state index contributed by atoms with van der Waals surface area (Å²) in [5.41, 5.74) is 5.32. The first-order chi connectivity index (χ1) is 14.3. The van der Waals surface area contributed by atoms with E-state index < -0.39 is 16.4 Å². The summed E-state index contributed by atoms with van der Waals surface area (Å²) >= 11 is 0. The molecule has 4 aromatic rings. The number of aliphatic hydroxyl groups is 1. The molecule has 0 aliphatic rings. The van der Waals surface area contributed by atoms with Crippen molar-refractivity contribution in [1.29, 1.82) is 5.26 Å². The third-order valence-electron chi connectivity index (χ3n) is 4.98. The number of benzene rings is 2. The number of aromatic nitrogens is 2. The predicted molar refractivity (Wildman–Crippen MR) is 116 cm³/mol. The maximum Gasteiger partial charge on any atom is 0.180 e. The molecule has 0 saturated carbocycles. The quantitative estimate of drug-likeness (QED) is 0.512. The Balaban J connectivity index is 1.83. The minimum absolute atomic E-state index is 0.159. The molecule has 0 unspecified atom stereocenters. The van der Waals surface area contributed by atoms with Gasteiger partial charge in [-0.25, -0.2) is 13.4 Å². The maximum atomic E-state index is 12.1. The van der Waals surface area contributed by atoms with E-state index in [1.165, 1.54) is 12.1 Å². The molecular weight excluding hydrogens is 400 g/mol. The van der Waals surface area contributed by atoms with Gasteiger partial charge in [0.1, 0.15) is 11.9 Å². The molecule has 4 rings (SSSR count). The van der Waals surface area contributed by atoms with Crippen LogP contribution in [0.3, 0.4) is 0 Å². The van der Waals surface area contributed by atoms with Crippen LogP contribution in [0.25, 0.3) is 16.7 Å². The molecule has 0 spiro atoms. The van der Waals surface area contributed by atoms with Gasteiger partial charge >= 0.3 is 0 Å². The number of pyridine rings is 1. The van der Waals surface area contributed by atoms with Crippen molar-refractivity contribution in [3.05, 3.63) is 65.2 Å². The zero-order chi connectivity index (χ0) is 21.5.